The number of nitrogens with one attached hydrogen (secondary N) is 1. The fourth-order valence-corrected chi connectivity index (χ4v) is 1.43. The van der Waals surface area contributed by atoms with Crippen molar-refractivity contribution in [2.24, 2.45) is 7.05 Å². The average molecular weight is 239 g/mol. The molecule has 1 unspecified atom stereocenters. The lowest BCUT2D eigenvalue weighted by Crippen LogP contribution is -2.13. The SMILES string of the molecule is CC(Nc1ncc(Cl)cn1)c1nncn1C. The molecule has 7 heteroatoms. The molecule has 0 aromatic carbocycles. The molecule has 2 rings (SSSR count). The van der Waals surface area contributed by atoms with Crippen molar-refractivity contribution in [2.45, 2.75) is 13.0 Å². The lowest BCUT2D eigenvalue weighted by molar-refractivity contribution is 0.712. The normalized spacial score (nSPS) is 12.4. The Morgan fingerprint density at radius 1 is 1.38 bits per heavy atom. The molecule has 0 bridgehead atoms. The first-order chi connectivity index (χ1) is 7.66. The molecule has 2 heterocycles. The van der Waals surface area contributed by atoms with Crippen LogP contribution in [0.25, 0.3) is 0 Å². The van der Waals surface area contributed by atoms with Crippen LogP contribution in [-0.4, -0.2) is 24.7 Å². The van der Waals surface area contributed by atoms with Crippen molar-refractivity contribution in [3.63, 3.8) is 0 Å². The number of aromatic nitrogens is 5. The minimum atomic E-state index is -0.0197. The van der Waals surface area contributed by atoms with E-state index in [1.165, 1.54) is 0 Å². The molecule has 0 amide bonds. The Labute approximate surface area is 97.7 Å². The van der Waals surface area contributed by atoms with Crippen LogP contribution in [0.1, 0.15) is 18.8 Å². The number of halogens is 1. The Morgan fingerprint density at radius 3 is 2.62 bits per heavy atom. The van der Waals surface area contributed by atoms with Crippen molar-refractivity contribution < 1.29 is 0 Å². The monoisotopic (exact) mass is 238 g/mol. The summed E-state index contributed by atoms with van der Waals surface area (Å²) in [6.07, 6.45) is 4.73. The van der Waals surface area contributed by atoms with Gasteiger partial charge in [0.15, 0.2) is 5.82 Å². The minimum absolute atomic E-state index is 0.0197. The van der Waals surface area contributed by atoms with Gasteiger partial charge in [-0.05, 0) is 6.92 Å². The number of nitrogens with zero attached hydrogens (tertiary/aromatic N) is 5. The van der Waals surface area contributed by atoms with Crippen LogP contribution in [0.15, 0.2) is 18.7 Å². The third-order valence-corrected chi connectivity index (χ3v) is 2.29. The molecule has 16 heavy (non-hydrogen) atoms. The van der Waals surface area contributed by atoms with Crippen LogP contribution in [0.2, 0.25) is 5.02 Å². The van der Waals surface area contributed by atoms with Crippen LogP contribution < -0.4 is 5.32 Å². The minimum Gasteiger partial charge on any atom is -0.344 e. The van der Waals surface area contributed by atoms with E-state index in [9.17, 15) is 0 Å². The highest BCUT2D eigenvalue weighted by Gasteiger charge is 2.11. The van der Waals surface area contributed by atoms with Gasteiger partial charge in [0.1, 0.15) is 6.33 Å². The molecule has 0 aliphatic carbocycles. The van der Waals surface area contributed by atoms with Gasteiger partial charge in [0.25, 0.3) is 0 Å². The van der Waals surface area contributed by atoms with Crippen LogP contribution in [0.4, 0.5) is 5.95 Å². The van der Waals surface area contributed by atoms with Gasteiger partial charge in [-0.15, -0.1) is 10.2 Å². The zero-order valence-corrected chi connectivity index (χ0v) is 9.68. The van der Waals surface area contributed by atoms with E-state index in [0.29, 0.717) is 11.0 Å². The predicted molar refractivity (Wildman–Crippen MR) is 60.1 cm³/mol. The highest BCUT2D eigenvalue weighted by atomic mass is 35.5. The summed E-state index contributed by atoms with van der Waals surface area (Å²) in [4.78, 5) is 8.09. The fourth-order valence-electron chi connectivity index (χ4n) is 1.33. The maximum Gasteiger partial charge on any atom is 0.223 e. The second-order valence-electron chi connectivity index (χ2n) is 3.39. The lowest BCUT2D eigenvalue weighted by atomic mass is 10.3. The maximum absolute atomic E-state index is 5.69. The van der Waals surface area contributed by atoms with Gasteiger partial charge >= 0.3 is 0 Å². The quantitative estimate of drug-likeness (QED) is 0.876. The van der Waals surface area contributed by atoms with Crippen LogP contribution in [0, 0.1) is 0 Å². The summed E-state index contributed by atoms with van der Waals surface area (Å²) in [7, 11) is 1.89. The van der Waals surface area contributed by atoms with Crippen molar-refractivity contribution in [2.75, 3.05) is 5.32 Å². The Morgan fingerprint density at radius 2 is 2.06 bits per heavy atom. The molecular formula is C9H11ClN6. The fraction of sp³-hybridized carbons (Fsp3) is 0.333. The Balaban J connectivity index is 2.10. The van der Waals surface area contributed by atoms with Crippen molar-refractivity contribution in [3.05, 3.63) is 29.6 Å². The van der Waals surface area contributed by atoms with Crippen LogP contribution in [0.5, 0.6) is 0 Å². The molecule has 0 saturated carbocycles. The van der Waals surface area contributed by atoms with Gasteiger partial charge in [0.05, 0.1) is 23.5 Å². The summed E-state index contributed by atoms with van der Waals surface area (Å²) in [5, 5.41) is 11.4. The van der Waals surface area contributed by atoms with E-state index < -0.39 is 0 Å². The largest absolute Gasteiger partial charge is 0.344 e. The van der Waals surface area contributed by atoms with E-state index in [0.717, 1.165) is 5.82 Å². The third kappa shape index (κ3) is 2.27. The molecule has 0 spiro atoms. The van der Waals surface area contributed by atoms with Gasteiger partial charge < -0.3 is 9.88 Å². The van der Waals surface area contributed by atoms with Crippen LogP contribution in [0.3, 0.4) is 0 Å². The first kappa shape index (κ1) is 10.8. The van der Waals surface area contributed by atoms with Crippen molar-refractivity contribution in [3.8, 4) is 0 Å². The van der Waals surface area contributed by atoms with Crippen molar-refractivity contribution >= 4 is 17.5 Å². The number of hydrogen-bond acceptors (Lipinski definition) is 5. The van der Waals surface area contributed by atoms with Gasteiger partial charge in [0.2, 0.25) is 5.95 Å². The first-order valence-electron chi connectivity index (χ1n) is 4.75. The smallest absolute Gasteiger partial charge is 0.223 e. The number of aryl methyl sites for hydroxylation is 1. The molecule has 0 saturated heterocycles. The number of hydrogen-bond donors (Lipinski definition) is 1. The second kappa shape index (κ2) is 4.44. The third-order valence-electron chi connectivity index (χ3n) is 2.10. The lowest BCUT2D eigenvalue weighted by Gasteiger charge is -2.12. The van der Waals surface area contributed by atoms with Crippen LogP contribution >= 0.6 is 11.6 Å². The van der Waals surface area contributed by atoms with Gasteiger partial charge in [0, 0.05) is 7.05 Å². The molecule has 0 radical (unpaired) electrons. The van der Waals surface area contributed by atoms with E-state index in [1.54, 1.807) is 18.7 Å². The molecule has 0 aliphatic heterocycles. The Bertz CT molecular complexity index is 465. The highest BCUT2D eigenvalue weighted by Crippen LogP contribution is 2.14. The van der Waals surface area contributed by atoms with Gasteiger partial charge in [-0.3, -0.25) is 0 Å². The van der Waals surface area contributed by atoms with Gasteiger partial charge in [-0.1, -0.05) is 11.6 Å². The van der Waals surface area contributed by atoms with Crippen LogP contribution in [-0.2, 0) is 7.05 Å². The van der Waals surface area contributed by atoms with E-state index in [4.69, 9.17) is 11.6 Å². The first-order valence-corrected chi connectivity index (χ1v) is 5.12. The molecule has 1 atom stereocenters. The molecular weight excluding hydrogens is 228 g/mol. The summed E-state index contributed by atoms with van der Waals surface area (Å²) >= 11 is 5.69. The molecule has 0 fully saturated rings. The zero-order chi connectivity index (χ0) is 11.5. The summed E-state index contributed by atoms with van der Waals surface area (Å²) < 4.78 is 1.84. The molecule has 2 aromatic heterocycles. The summed E-state index contributed by atoms with van der Waals surface area (Å²) in [5.41, 5.74) is 0. The van der Waals surface area contributed by atoms with E-state index in [1.807, 2.05) is 18.5 Å². The van der Waals surface area contributed by atoms with E-state index >= 15 is 0 Å². The topological polar surface area (TPSA) is 68.5 Å². The zero-order valence-electron chi connectivity index (χ0n) is 8.92. The molecule has 6 nitrogen and oxygen atoms in total. The number of rotatable bonds is 3. The number of anilines is 1. The van der Waals surface area contributed by atoms with Crippen molar-refractivity contribution in [1.82, 2.24) is 24.7 Å². The standard InChI is InChI=1S/C9H11ClN6/c1-6(8-15-13-5-16(8)2)14-9-11-3-7(10)4-12-9/h3-6H,1-2H3,(H,11,12,14). The molecule has 2 aromatic rings. The van der Waals surface area contributed by atoms with E-state index in [2.05, 4.69) is 25.5 Å². The predicted octanol–water partition coefficient (Wildman–Crippen LogP) is 1.43. The highest BCUT2D eigenvalue weighted by molar-refractivity contribution is 6.30. The van der Waals surface area contributed by atoms with Gasteiger partial charge in [-0.25, -0.2) is 9.97 Å². The summed E-state index contributed by atoms with van der Waals surface area (Å²) in [6.45, 7) is 1.96. The average Bonchev–Trinajstić information content (AvgIpc) is 2.68. The Kier molecular flexibility index (Phi) is 3.00. The van der Waals surface area contributed by atoms with Crippen molar-refractivity contribution in [1.29, 1.82) is 0 Å². The maximum atomic E-state index is 5.69. The molecule has 84 valence electrons. The summed E-state index contributed by atoms with van der Waals surface area (Å²) in [5.74, 6) is 1.33. The van der Waals surface area contributed by atoms with Gasteiger partial charge in [-0.2, -0.15) is 0 Å². The van der Waals surface area contributed by atoms with E-state index in [-0.39, 0.29) is 6.04 Å². The second-order valence-corrected chi connectivity index (χ2v) is 3.83. The summed E-state index contributed by atoms with van der Waals surface area (Å²) in [6, 6.07) is -0.0197. The molecule has 1 N–H and O–H groups in total. The Hall–Kier alpha value is -1.69. The molecule has 0 aliphatic rings.